The number of halogens is 1. The van der Waals surface area contributed by atoms with E-state index in [1.807, 2.05) is 30.3 Å². The van der Waals surface area contributed by atoms with Crippen molar-refractivity contribution in [2.45, 2.75) is 24.8 Å². The second-order valence-corrected chi connectivity index (χ2v) is 6.77. The van der Waals surface area contributed by atoms with E-state index in [2.05, 4.69) is 17.0 Å². The summed E-state index contributed by atoms with van der Waals surface area (Å²) in [6.07, 6.45) is 1.30. The van der Waals surface area contributed by atoms with Gasteiger partial charge in [0.05, 0.1) is 0 Å². The number of benzene rings is 2. The number of quaternary nitrogens is 1. The third-order valence-electron chi connectivity index (χ3n) is 4.93. The van der Waals surface area contributed by atoms with Crippen LogP contribution in [-0.4, -0.2) is 23.9 Å². The monoisotopic (exact) mass is 344 g/mol. The van der Waals surface area contributed by atoms with Gasteiger partial charge < -0.3 is 10.7 Å². The fourth-order valence-electron chi connectivity index (χ4n) is 3.49. The van der Waals surface area contributed by atoms with Gasteiger partial charge in [0.15, 0.2) is 0 Å². The lowest BCUT2D eigenvalue weighted by Gasteiger charge is -2.39. The maximum atomic E-state index is 12.4. The average molecular weight is 345 g/mol. The van der Waals surface area contributed by atoms with Crippen molar-refractivity contribution in [3.8, 4) is 0 Å². The first-order valence-electron chi connectivity index (χ1n) is 8.16. The molecule has 1 aliphatic heterocycles. The van der Waals surface area contributed by atoms with Crippen LogP contribution in [0.2, 0.25) is 5.02 Å². The molecular weight excluding hydrogens is 324 g/mol. The van der Waals surface area contributed by atoms with Crippen LogP contribution in [0.25, 0.3) is 0 Å². The Labute approximate surface area is 147 Å². The molecule has 0 bridgehead atoms. The number of rotatable bonds is 4. The second-order valence-electron chi connectivity index (χ2n) is 6.33. The van der Waals surface area contributed by atoms with Crippen molar-refractivity contribution in [2.24, 2.45) is 0 Å². The highest BCUT2D eigenvalue weighted by Crippen LogP contribution is 2.36. The highest BCUT2D eigenvalue weighted by atomic mass is 35.5. The summed E-state index contributed by atoms with van der Waals surface area (Å²) in [4.78, 5) is 14.8. The second kappa shape index (κ2) is 7.45. The predicted octanol–water partition coefficient (Wildman–Crippen LogP) is 2.46. The van der Waals surface area contributed by atoms with E-state index < -0.39 is 5.41 Å². The van der Waals surface area contributed by atoms with E-state index in [4.69, 9.17) is 11.6 Å². The van der Waals surface area contributed by atoms with E-state index in [9.17, 15) is 10.0 Å². The minimum absolute atomic E-state index is 0.329. The number of likely N-dealkylation sites (tertiary alicyclic amines) is 1. The summed E-state index contributed by atoms with van der Waals surface area (Å²) in [6.45, 7) is 2.45. The molecule has 2 aromatic rings. The van der Waals surface area contributed by atoms with Gasteiger partial charge in [0.2, 0.25) is 0 Å². The Kier molecular flexibility index (Phi) is 5.31. The topological polar surface area (TPSA) is 60.0 Å². The van der Waals surface area contributed by atoms with Crippen LogP contribution in [0.1, 0.15) is 24.0 Å². The first-order chi connectivity index (χ1) is 11.6. The standard InChI is InChI=1S/C19H21ClN2O2/c20-17-8-6-16(7-9-17)19(18(23)21-24)10-12-22(13-11-19)14-15-4-2-1-3-5-15/h1-9H,10-14,21H2. The summed E-state index contributed by atoms with van der Waals surface area (Å²) in [5.41, 5.74) is 1.92. The van der Waals surface area contributed by atoms with Crippen LogP contribution in [0.15, 0.2) is 54.6 Å². The van der Waals surface area contributed by atoms with Gasteiger partial charge in [-0.3, -0.25) is 4.90 Å². The normalized spacial score (nSPS) is 17.6. The summed E-state index contributed by atoms with van der Waals surface area (Å²) in [5.74, 6) is -0.329. The number of piperidine rings is 1. The van der Waals surface area contributed by atoms with E-state index in [1.165, 1.54) is 5.56 Å². The zero-order chi connectivity index (χ0) is 17.0. The molecule has 3 rings (SSSR count). The van der Waals surface area contributed by atoms with Crippen molar-refractivity contribution in [3.05, 3.63) is 76.0 Å². The Hall–Kier alpha value is -1.72. The number of carbonyl (C=O) groups is 1. The molecule has 0 atom stereocenters. The summed E-state index contributed by atoms with van der Waals surface area (Å²) in [7, 11) is 0. The third kappa shape index (κ3) is 3.52. The quantitative estimate of drug-likeness (QED) is 0.867. The summed E-state index contributed by atoms with van der Waals surface area (Å²) in [6, 6.07) is 17.6. The lowest BCUT2D eigenvalue weighted by molar-refractivity contribution is -0.506. The number of carbonyl (C=O) groups excluding carboxylic acids is 1. The highest BCUT2D eigenvalue weighted by molar-refractivity contribution is 6.30. The van der Waals surface area contributed by atoms with Crippen molar-refractivity contribution in [1.82, 2.24) is 4.90 Å². The van der Waals surface area contributed by atoms with Gasteiger partial charge in [-0.25, -0.2) is 4.79 Å². The van der Waals surface area contributed by atoms with Gasteiger partial charge >= 0.3 is 5.91 Å². The first kappa shape index (κ1) is 17.1. The molecule has 0 radical (unpaired) electrons. The molecular formula is C19H21ClN2O2. The minimum Gasteiger partial charge on any atom is -0.628 e. The van der Waals surface area contributed by atoms with Gasteiger partial charge in [-0.05, 0) is 36.1 Å². The molecule has 126 valence electrons. The smallest absolute Gasteiger partial charge is 0.321 e. The Morgan fingerprint density at radius 2 is 1.71 bits per heavy atom. The number of hydrogen-bond donors (Lipinski definition) is 1. The van der Waals surface area contributed by atoms with E-state index >= 15 is 0 Å². The molecule has 0 unspecified atom stereocenters. The van der Waals surface area contributed by atoms with Crippen LogP contribution in [0.4, 0.5) is 0 Å². The SMILES string of the molecule is O=C([NH2+][O-])C1(c2ccc(Cl)cc2)CCN(Cc2ccccc2)CC1. The maximum Gasteiger partial charge on any atom is 0.321 e. The van der Waals surface area contributed by atoms with Gasteiger partial charge in [-0.15, -0.1) is 0 Å². The number of nitrogens with zero attached hydrogens (tertiary/aromatic N) is 1. The van der Waals surface area contributed by atoms with E-state index in [0.29, 0.717) is 23.3 Å². The molecule has 2 aromatic carbocycles. The van der Waals surface area contributed by atoms with Gasteiger partial charge in [-0.1, -0.05) is 54.1 Å². The lowest BCUT2D eigenvalue weighted by atomic mass is 9.72. The fraction of sp³-hybridized carbons (Fsp3) is 0.316. The van der Waals surface area contributed by atoms with E-state index in [1.54, 1.807) is 12.1 Å². The molecule has 0 aromatic heterocycles. The van der Waals surface area contributed by atoms with Crippen molar-refractivity contribution in [2.75, 3.05) is 13.1 Å². The Balaban J connectivity index is 1.76. The van der Waals surface area contributed by atoms with Crippen LogP contribution in [0, 0.1) is 5.21 Å². The van der Waals surface area contributed by atoms with Crippen LogP contribution in [0.3, 0.4) is 0 Å². The summed E-state index contributed by atoms with van der Waals surface area (Å²) in [5, 5.41) is 11.9. The maximum absolute atomic E-state index is 12.4. The van der Waals surface area contributed by atoms with Crippen molar-refractivity contribution in [1.29, 1.82) is 0 Å². The number of hydrogen-bond acceptors (Lipinski definition) is 3. The molecule has 5 heteroatoms. The van der Waals surface area contributed by atoms with Crippen molar-refractivity contribution >= 4 is 17.5 Å². The molecule has 1 saturated heterocycles. The van der Waals surface area contributed by atoms with E-state index in [0.717, 1.165) is 25.2 Å². The Morgan fingerprint density at radius 1 is 1.08 bits per heavy atom. The van der Waals surface area contributed by atoms with Crippen LogP contribution < -0.4 is 5.48 Å². The predicted molar refractivity (Wildman–Crippen MR) is 94.4 cm³/mol. The molecule has 0 spiro atoms. The zero-order valence-electron chi connectivity index (χ0n) is 13.5. The molecule has 24 heavy (non-hydrogen) atoms. The Bertz CT molecular complexity index is 680. The zero-order valence-corrected chi connectivity index (χ0v) is 14.2. The summed E-state index contributed by atoms with van der Waals surface area (Å²) >= 11 is 5.96. The minimum atomic E-state index is -0.709. The summed E-state index contributed by atoms with van der Waals surface area (Å²) < 4.78 is 0. The third-order valence-corrected chi connectivity index (χ3v) is 5.19. The van der Waals surface area contributed by atoms with Gasteiger partial charge in [0, 0.05) is 24.7 Å². The molecule has 1 aliphatic rings. The van der Waals surface area contributed by atoms with E-state index in [-0.39, 0.29) is 5.91 Å². The largest absolute Gasteiger partial charge is 0.628 e. The molecule has 1 heterocycles. The van der Waals surface area contributed by atoms with Gasteiger partial charge in [-0.2, -0.15) is 0 Å². The fourth-order valence-corrected chi connectivity index (χ4v) is 3.62. The van der Waals surface area contributed by atoms with Gasteiger partial charge in [0.25, 0.3) is 0 Å². The highest BCUT2D eigenvalue weighted by Gasteiger charge is 2.44. The lowest BCUT2D eigenvalue weighted by Crippen LogP contribution is -2.86. The van der Waals surface area contributed by atoms with Crippen LogP contribution in [0.5, 0.6) is 0 Å². The van der Waals surface area contributed by atoms with Gasteiger partial charge in [0.1, 0.15) is 5.41 Å². The molecule has 1 amide bonds. The van der Waals surface area contributed by atoms with Crippen molar-refractivity contribution in [3.63, 3.8) is 0 Å². The Morgan fingerprint density at radius 3 is 2.29 bits per heavy atom. The molecule has 0 saturated carbocycles. The van der Waals surface area contributed by atoms with Crippen LogP contribution in [-0.2, 0) is 16.8 Å². The molecule has 4 nitrogen and oxygen atoms in total. The number of nitrogens with two attached hydrogens (primary N) is 1. The molecule has 0 aliphatic carbocycles. The van der Waals surface area contributed by atoms with Crippen molar-refractivity contribution < 1.29 is 10.3 Å². The number of primary amides is 1. The van der Waals surface area contributed by atoms with Crippen LogP contribution >= 0.6 is 11.6 Å². The average Bonchev–Trinajstić information content (AvgIpc) is 2.63. The number of hydroxylamine groups is 1. The molecule has 1 fully saturated rings. The first-order valence-corrected chi connectivity index (χ1v) is 8.54. The number of amides is 1. The molecule has 2 N–H and O–H groups in total.